The van der Waals surface area contributed by atoms with Gasteiger partial charge in [0, 0.05) is 18.7 Å². The summed E-state index contributed by atoms with van der Waals surface area (Å²) in [6.07, 6.45) is 2.39. The molecule has 0 aliphatic carbocycles. The number of hydrogen-bond donors (Lipinski definition) is 0. The monoisotopic (exact) mass is 255 g/mol. The third-order valence-electron chi connectivity index (χ3n) is 3.16. The molecule has 5 heteroatoms. The van der Waals surface area contributed by atoms with E-state index < -0.39 is 10.0 Å². The molecule has 4 nitrogen and oxygen atoms in total. The fraction of sp³-hybridized carbons (Fsp3) is 0.500. The summed E-state index contributed by atoms with van der Waals surface area (Å²) in [5.41, 5.74) is 2.21. The fourth-order valence-corrected chi connectivity index (χ4v) is 3.05. The van der Waals surface area contributed by atoms with Crippen molar-refractivity contribution in [3.05, 3.63) is 29.7 Å². The number of nitrogens with zero attached hydrogens (tertiary/aromatic N) is 1. The van der Waals surface area contributed by atoms with Gasteiger partial charge in [-0.25, -0.2) is 8.42 Å². The van der Waals surface area contributed by atoms with Gasteiger partial charge in [-0.05, 0) is 32.4 Å². The van der Waals surface area contributed by atoms with Crippen LogP contribution in [0.25, 0.3) is 5.57 Å². The molecule has 1 aromatic rings. The minimum Gasteiger partial charge on any atom is -0.465 e. The first-order valence-electron chi connectivity index (χ1n) is 5.75. The number of sulfonamides is 1. The molecule has 17 heavy (non-hydrogen) atoms. The fourth-order valence-electron chi connectivity index (χ4n) is 1.99. The van der Waals surface area contributed by atoms with Crippen molar-refractivity contribution in [2.45, 2.75) is 20.3 Å². The van der Waals surface area contributed by atoms with E-state index in [1.807, 2.05) is 19.1 Å². The second-order valence-electron chi connectivity index (χ2n) is 4.22. The van der Waals surface area contributed by atoms with Crippen LogP contribution in [0.2, 0.25) is 0 Å². The lowest BCUT2D eigenvalue weighted by molar-refractivity contribution is 0.432. The Hall–Kier alpha value is -1.07. The smallest absolute Gasteiger partial charge is 0.214 e. The molecule has 2 heterocycles. The van der Waals surface area contributed by atoms with Gasteiger partial charge < -0.3 is 4.42 Å². The molecule has 0 unspecified atom stereocenters. The Bertz CT molecular complexity index is 514. The van der Waals surface area contributed by atoms with Gasteiger partial charge in [0.2, 0.25) is 10.0 Å². The Labute approximate surface area is 102 Å². The summed E-state index contributed by atoms with van der Waals surface area (Å²) < 4.78 is 30.6. The van der Waals surface area contributed by atoms with Crippen LogP contribution in [0.4, 0.5) is 0 Å². The summed E-state index contributed by atoms with van der Waals surface area (Å²) >= 11 is 0. The van der Waals surface area contributed by atoms with Crippen LogP contribution in [-0.2, 0) is 10.0 Å². The third-order valence-corrected chi connectivity index (χ3v) is 4.99. The summed E-state index contributed by atoms with van der Waals surface area (Å²) in [6, 6.07) is 3.70. The summed E-state index contributed by atoms with van der Waals surface area (Å²) in [6.45, 7) is 4.71. The quantitative estimate of drug-likeness (QED) is 0.831. The number of rotatable bonds is 3. The molecule has 1 aliphatic heterocycles. The van der Waals surface area contributed by atoms with Crippen molar-refractivity contribution in [2.75, 3.05) is 18.8 Å². The van der Waals surface area contributed by atoms with E-state index in [0.717, 1.165) is 17.8 Å². The first-order chi connectivity index (χ1) is 8.04. The molecule has 94 valence electrons. The molecular formula is C12H17NO3S. The second kappa shape index (κ2) is 4.66. The second-order valence-corrected chi connectivity index (χ2v) is 6.48. The highest BCUT2D eigenvalue weighted by Gasteiger charge is 2.26. The molecule has 0 atom stereocenters. The van der Waals surface area contributed by atoms with Crippen LogP contribution in [0.15, 0.2) is 28.4 Å². The van der Waals surface area contributed by atoms with E-state index in [1.165, 1.54) is 9.88 Å². The van der Waals surface area contributed by atoms with Crippen molar-refractivity contribution in [1.82, 2.24) is 4.31 Å². The van der Waals surface area contributed by atoms with E-state index in [9.17, 15) is 8.42 Å². The average molecular weight is 255 g/mol. The van der Waals surface area contributed by atoms with Crippen LogP contribution in [-0.4, -0.2) is 31.6 Å². The molecule has 0 radical (unpaired) electrons. The minimum atomic E-state index is -3.11. The predicted octanol–water partition coefficient (Wildman–Crippen LogP) is 2.11. The summed E-state index contributed by atoms with van der Waals surface area (Å²) in [5, 5.41) is 0. The van der Waals surface area contributed by atoms with Crippen LogP contribution in [0.3, 0.4) is 0 Å². The molecular weight excluding hydrogens is 238 g/mol. The van der Waals surface area contributed by atoms with E-state index in [4.69, 9.17) is 4.42 Å². The topological polar surface area (TPSA) is 50.5 Å². The van der Waals surface area contributed by atoms with Crippen molar-refractivity contribution < 1.29 is 12.8 Å². The Kier molecular flexibility index (Phi) is 3.40. The summed E-state index contributed by atoms with van der Waals surface area (Å²) in [4.78, 5) is 0. The highest BCUT2D eigenvalue weighted by molar-refractivity contribution is 7.89. The normalized spacial score (nSPS) is 18.7. The lowest BCUT2D eigenvalue weighted by atomic mass is 10.0. The predicted molar refractivity (Wildman–Crippen MR) is 67.0 cm³/mol. The van der Waals surface area contributed by atoms with Crippen LogP contribution >= 0.6 is 0 Å². The van der Waals surface area contributed by atoms with Gasteiger partial charge in [-0.1, -0.05) is 5.57 Å². The largest absolute Gasteiger partial charge is 0.465 e. The van der Waals surface area contributed by atoms with E-state index in [2.05, 4.69) is 0 Å². The number of furan rings is 1. The van der Waals surface area contributed by atoms with E-state index in [-0.39, 0.29) is 5.75 Å². The maximum Gasteiger partial charge on any atom is 0.214 e. The van der Waals surface area contributed by atoms with Crippen molar-refractivity contribution in [2.24, 2.45) is 0 Å². The molecule has 1 aromatic heterocycles. The van der Waals surface area contributed by atoms with Gasteiger partial charge in [-0.2, -0.15) is 4.31 Å². The lowest BCUT2D eigenvalue weighted by Gasteiger charge is -2.28. The zero-order valence-electron chi connectivity index (χ0n) is 10.1. The van der Waals surface area contributed by atoms with Gasteiger partial charge >= 0.3 is 0 Å². The van der Waals surface area contributed by atoms with Gasteiger partial charge in [0.25, 0.3) is 0 Å². The molecule has 0 bridgehead atoms. The van der Waals surface area contributed by atoms with Gasteiger partial charge in [0.05, 0.1) is 12.0 Å². The summed E-state index contributed by atoms with van der Waals surface area (Å²) in [7, 11) is -3.11. The maximum atomic E-state index is 11.8. The molecule has 0 spiro atoms. The van der Waals surface area contributed by atoms with Crippen molar-refractivity contribution in [3.8, 4) is 0 Å². The van der Waals surface area contributed by atoms with Crippen LogP contribution < -0.4 is 0 Å². The van der Waals surface area contributed by atoms with E-state index in [0.29, 0.717) is 13.1 Å². The van der Waals surface area contributed by atoms with Crippen molar-refractivity contribution >= 4 is 15.6 Å². The van der Waals surface area contributed by atoms with Crippen molar-refractivity contribution in [1.29, 1.82) is 0 Å². The molecule has 0 N–H and O–H groups in total. The maximum absolute atomic E-state index is 11.8. The van der Waals surface area contributed by atoms with E-state index >= 15 is 0 Å². The van der Waals surface area contributed by atoms with Gasteiger partial charge in [-0.3, -0.25) is 0 Å². The highest BCUT2D eigenvalue weighted by atomic mass is 32.2. The molecule has 0 saturated carbocycles. The van der Waals surface area contributed by atoms with Crippen LogP contribution in [0.5, 0.6) is 0 Å². The molecule has 0 fully saturated rings. The molecule has 0 amide bonds. The molecule has 2 rings (SSSR count). The average Bonchev–Trinajstić information content (AvgIpc) is 2.83. The molecule has 0 aromatic carbocycles. The first kappa shape index (κ1) is 12.4. The SMILES string of the molecule is CCS(=O)(=O)N1CCC(C)=C(c2ccco2)C1. The molecule has 0 saturated heterocycles. The number of hydrogen-bond acceptors (Lipinski definition) is 3. The van der Waals surface area contributed by atoms with E-state index in [1.54, 1.807) is 13.2 Å². The van der Waals surface area contributed by atoms with Crippen LogP contribution in [0, 0.1) is 0 Å². The highest BCUT2D eigenvalue weighted by Crippen LogP contribution is 2.28. The van der Waals surface area contributed by atoms with Crippen LogP contribution in [0.1, 0.15) is 26.0 Å². The van der Waals surface area contributed by atoms with Crippen molar-refractivity contribution in [3.63, 3.8) is 0 Å². The molecule has 1 aliphatic rings. The third kappa shape index (κ3) is 2.45. The Morgan fingerprint density at radius 1 is 1.47 bits per heavy atom. The zero-order chi connectivity index (χ0) is 12.5. The Morgan fingerprint density at radius 3 is 2.82 bits per heavy atom. The summed E-state index contributed by atoms with van der Waals surface area (Å²) in [5.74, 6) is 0.927. The zero-order valence-corrected chi connectivity index (χ0v) is 11.0. The first-order valence-corrected chi connectivity index (χ1v) is 7.36. The standard InChI is InChI=1S/C12H17NO3S/c1-3-17(14,15)13-7-6-10(2)11(9-13)12-5-4-8-16-12/h4-5,8H,3,6-7,9H2,1-2H3. The van der Waals surface area contributed by atoms with Gasteiger partial charge in [0.1, 0.15) is 5.76 Å². The Morgan fingerprint density at radius 2 is 2.24 bits per heavy atom. The minimum absolute atomic E-state index is 0.150. The van der Waals surface area contributed by atoms with Gasteiger partial charge in [0.15, 0.2) is 0 Å². The lowest BCUT2D eigenvalue weighted by Crippen LogP contribution is -2.37. The Balaban J connectivity index is 2.29. The van der Waals surface area contributed by atoms with Gasteiger partial charge in [-0.15, -0.1) is 0 Å².